The summed E-state index contributed by atoms with van der Waals surface area (Å²) in [7, 11) is 0. The molecule has 65 heavy (non-hydrogen) atoms. The minimum Gasteiger partial charge on any atom is -0.490 e. The van der Waals surface area contributed by atoms with Gasteiger partial charge in [-0.05, 0) is 102 Å². The van der Waals surface area contributed by atoms with Crippen molar-refractivity contribution in [2.24, 2.45) is 11.5 Å². The van der Waals surface area contributed by atoms with Gasteiger partial charge >= 0.3 is 0 Å². The van der Waals surface area contributed by atoms with Crippen LogP contribution in [0.4, 0.5) is 5.69 Å². The molecule has 12 nitrogen and oxygen atoms in total. The largest absolute Gasteiger partial charge is 0.490 e. The van der Waals surface area contributed by atoms with E-state index in [0.29, 0.717) is 36.7 Å². The highest BCUT2D eigenvalue weighted by atomic mass is 32.1. The average Bonchev–Trinajstić information content (AvgIpc) is 4.20. The van der Waals surface area contributed by atoms with E-state index >= 15 is 0 Å². The third kappa shape index (κ3) is 9.29. The number of para-hydroxylation sites is 2. The maximum atomic E-state index is 12.5. The number of anilines is 1. The van der Waals surface area contributed by atoms with Crippen LogP contribution in [0.1, 0.15) is 22.5 Å². The van der Waals surface area contributed by atoms with Gasteiger partial charge in [-0.25, -0.2) is 0 Å². The number of hydrogen-bond acceptors (Lipinski definition) is 10. The summed E-state index contributed by atoms with van der Waals surface area (Å²) in [5.74, 6) is 1.84. The third-order valence-corrected chi connectivity index (χ3v) is 12.4. The molecule has 2 atom stereocenters. The number of benzene rings is 3. The summed E-state index contributed by atoms with van der Waals surface area (Å²) in [6.07, 6.45) is 19.6. The lowest BCUT2D eigenvalue weighted by molar-refractivity contribution is -0.110. The monoisotopic (exact) mass is 876 g/mol. The van der Waals surface area contributed by atoms with E-state index in [0.717, 1.165) is 60.7 Å². The van der Waals surface area contributed by atoms with Crippen LogP contribution in [0.5, 0.6) is 11.5 Å². The molecule has 3 aromatic carbocycles. The predicted octanol–water partition coefficient (Wildman–Crippen LogP) is 10.1. The van der Waals surface area contributed by atoms with Crippen molar-refractivity contribution < 1.29 is 18.7 Å². The number of carbonyl (C=O) groups is 1. The van der Waals surface area contributed by atoms with E-state index < -0.39 is 0 Å². The molecule has 0 radical (unpaired) electrons. The van der Waals surface area contributed by atoms with Crippen LogP contribution < -0.4 is 26.3 Å². The number of fused-ring (bicyclic) bond motifs is 4. The van der Waals surface area contributed by atoms with Crippen LogP contribution in [0.15, 0.2) is 163 Å². The Bertz CT molecular complexity index is 3260. The first-order chi connectivity index (χ1) is 31.9. The molecule has 0 spiro atoms. The number of pyridine rings is 3. The number of nitrogens with zero attached hydrogens (tertiary/aromatic N) is 3. The summed E-state index contributed by atoms with van der Waals surface area (Å²) in [5.41, 5.74) is 22.3. The van der Waals surface area contributed by atoms with Gasteiger partial charge in [-0.15, -0.1) is 11.3 Å². The zero-order valence-corrected chi connectivity index (χ0v) is 35.9. The molecule has 0 aliphatic carbocycles. The van der Waals surface area contributed by atoms with Crippen LogP contribution in [-0.4, -0.2) is 56.1 Å². The molecule has 1 aliphatic heterocycles. The number of nitrogens with two attached hydrogens (primary N) is 2. The Morgan fingerprint density at radius 2 is 1.34 bits per heavy atom. The Balaban J connectivity index is 0.000000157. The van der Waals surface area contributed by atoms with E-state index in [9.17, 15) is 4.79 Å². The van der Waals surface area contributed by atoms with E-state index in [1.54, 1.807) is 48.3 Å². The van der Waals surface area contributed by atoms with E-state index in [2.05, 4.69) is 60.6 Å². The maximum Gasteiger partial charge on any atom is 0.256 e. The number of thiophene rings is 1. The minimum absolute atomic E-state index is 0.103. The Morgan fingerprint density at radius 3 is 2.00 bits per heavy atom. The first-order valence-corrected chi connectivity index (χ1v) is 22.0. The smallest absolute Gasteiger partial charge is 0.256 e. The highest BCUT2D eigenvalue weighted by Gasteiger charge is 2.25. The number of rotatable bonds is 13. The fourth-order valence-corrected chi connectivity index (χ4v) is 9.04. The van der Waals surface area contributed by atoms with Gasteiger partial charge in [0.25, 0.3) is 5.91 Å². The number of hydrogen-bond donors (Lipinski definition) is 5. The van der Waals surface area contributed by atoms with Crippen molar-refractivity contribution in [2.75, 3.05) is 18.5 Å². The van der Waals surface area contributed by atoms with E-state index in [4.69, 9.17) is 25.4 Å². The molecule has 0 saturated carbocycles. The molecule has 1 amide bonds. The van der Waals surface area contributed by atoms with E-state index in [-0.39, 0.29) is 18.0 Å². The Labute approximate surface area is 378 Å². The molecule has 0 unspecified atom stereocenters. The zero-order chi connectivity index (χ0) is 44.1. The molecule has 0 saturated heterocycles. The van der Waals surface area contributed by atoms with Gasteiger partial charge in [0.15, 0.2) is 0 Å². The highest BCUT2D eigenvalue weighted by Crippen LogP contribution is 2.37. The van der Waals surface area contributed by atoms with Gasteiger partial charge in [0, 0.05) is 98.3 Å². The number of furan rings is 1. The van der Waals surface area contributed by atoms with Crippen LogP contribution in [0.25, 0.3) is 65.1 Å². The lowest BCUT2D eigenvalue weighted by atomic mass is 10.00. The number of amides is 1. The molecule has 10 aromatic rings. The fraction of sp³-hybridized carbons (Fsp3) is 0.115. The van der Waals surface area contributed by atoms with Crippen molar-refractivity contribution in [3.63, 3.8) is 0 Å². The van der Waals surface area contributed by atoms with E-state index in [1.807, 2.05) is 97.7 Å². The van der Waals surface area contributed by atoms with Crippen LogP contribution in [0.2, 0.25) is 0 Å². The van der Waals surface area contributed by atoms with Crippen LogP contribution in [-0.2, 0) is 17.6 Å². The molecule has 8 heterocycles. The number of carbonyl (C=O) groups excluding carboxylic acids is 1. The second-order valence-electron chi connectivity index (χ2n) is 15.9. The van der Waals surface area contributed by atoms with Gasteiger partial charge in [0.1, 0.15) is 30.5 Å². The fourth-order valence-electron chi connectivity index (χ4n) is 8.03. The molecule has 0 fully saturated rings. The molecule has 11 rings (SSSR count). The van der Waals surface area contributed by atoms with Gasteiger partial charge in [-0.2, -0.15) is 0 Å². The molecule has 7 aromatic heterocycles. The van der Waals surface area contributed by atoms with Gasteiger partial charge in [-0.3, -0.25) is 19.7 Å². The Hall–Kier alpha value is -7.84. The number of H-pyrrole nitrogens is 2. The zero-order valence-electron chi connectivity index (χ0n) is 35.1. The van der Waals surface area contributed by atoms with Gasteiger partial charge < -0.3 is 40.6 Å². The maximum absolute atomic E-state index is 12.5. The number of aromatic amines is 2. The van der Waals surface area contributed by atoms with Crippen molar-refractivity contribution in [1.29, 1.82) is 0 Å². The van der Waals surface area contributed by atoms with Crippen molar-refractivity contribution in [3.05, 3.63) is 181 Å². The number of ether oxygens (including phenoxy) is 2. The van der Waals surface area contributed by atoms with Crippen molar-refractivity contribution in [3.8, 4) is 33.1 Å². The van der Waals surface area contributed by atoms with Gasteiger partial charge in [0.2, 0.25) is 0 Å². The molecule has 1 aliphatic rings. The summed E-state index contributed by atoms with van der Waals surface area (Å²) in [4.78, 5) is 33.2. The number of aromatic nitrogens is 5. The lowest BCUT2D eigenvalue weighted by Crippen LogP contribution is -2.30. The van der Waals surface area contributed by atoms with Crippen LogP contribution in [0.3, 0.4) is 0 Å². The molecule has 7 N–H and O–H groups in total. The van der Waals surface area contributed by atoms with Crippen molar-refractivity contribution in [2.45, 2.75) is 24.9 Å². The molecule has 13 heteroatoms. The quantitative estimate of drug-likeness (QED) is 0.0704. The van der Waals surface area contributed by atoms with Gasteiger partial charge in [-0.1, -0.05) is 42.5 Å². The SMILES string of the molecule is N[C@H](COc1cncc(-c2cc3ccncc3s2)c1)Cc1c[nH]c2ccccc12.N[C@H](COc1cncc(-c2ccc3c(c2)/C(=C\c2ccco2)C(=O)N3)c1)Cc1c[nH]c2ccccc12. The van der Waals surface area contributed by atoms with Crippen molar-refractivity contribution >= 4 is 66.5 Å². The first kappa shape index (κ1) is 41.2. The average molecular weight is 877 g/mol. The summed E-state index contributed by atoms with van der Waals surface area (Å²) in [6, 6.07) is 33.7. The minimum atomic E-state index is -0.167. The topological polar surface area (TPSA) is 183 Å². The normalized spacial score (nSPS) is 13.7. The van der Waals surface area contributed by atoms with E-state index in [1.165, 1.54) is 27.3 Å². The Morgan fingerprint density at radius 1 is 0.677 bits per heavy atom. The second-order valence-corrected chi connectivity index (χ2v) is 17.0. The predicted molar refractivity (Wildman–Crippen MR) is 259 cm³/mol. The summed E-state index contributed by atoms with van der Waals surface area (Å²) >= 11 is 1.70. The van der Waals surface area contributed by atoms with Crippen LogP contribution in [0, 0.1) is 0 Å². The molecule has 0 bridgehead atoms. The summed E-state index contributed by atoms with van der Waals surface area (Å²) < 4.78 is 18.5. The summed E-state index contributed by atoms with van der Waals surface area (Å²) in [6.45, 7) is 0.796. The molecular formula is C52H44N8O4S. The standard InChI is InChI=1S/C29H24N4O3.C23H20N4OS/c30-21(10-20-15-32-27-6-2-1-5-24(20)27)17-36-23-11-19(14-31-16-23)18-7-8-28-25(12-18)26(29(34)33-28)13-22-4-3-9-35-22;24-18(7-16-11-27-21-4-2-1-3-20(16)21)14-28-19-8-17(10-26-12-19)22-9-15-5-6-25-13-23(15)29-22/h1-9,11-16,21,32H,10,17,30H2,(H,33,34);1-6,8-13,18,27H,7,14,24H2/b26-13+;/t21-;18-/m00/s1. The van der Waals surface area contributed by atoms with Crippen LogP contribution >= 0.6 is 11.3 Å². The second kappa shape index (κ2) is 18.5. The van der Waals surface area contributed by atoms with Gasteiger partial charge in [0.05, 0.1) is 28.9 Å². The highest BCUT2D eigenvalue weighted by molar-refractivity contribution is 7.22. The summed E-state index contributed by atoms with van der Waals surface area (Å²) in [5, 5.41) is 6.49. The van der Waals surface area contributed by atoms with Crippen molar-refractivity contribution in [1.82, 2.24) is 24.9 Å². The number of nitrogens with one attached hydrogen (secondary N) is 3. The third-order valence-electron chi connectivity index (χ3n) is 11.2. The Kier molecular flexibility index (Phi) is 11.7. The lowest BCUT2D eigenvalue weighted by Gasteiger charge is -2.13. The molecular weight excluding hydrogens is 833 g/mol. The first-order valence-electron chi connectivity index (χ1n) is 21.2. The molecule has 322 valence electrons.